The van der Waals surface area contributed by atoms with Crippen LogP contribution in [0.4, 0.5) is 0 Å². The second-order valence-corrected chi connectivity index (χ2v) is 7.51. The second-order valence-electron chi connectivity index (χ2n) is 7.51. The number of benzene rings is 2. The van der Waals surface area contributed by atoms with Crippen LogP contribution in [0.3, 0.4) is 0 Å². The third-order valence-corrected chi connectivity index (χ3v) is 5.64. The summed E-state index contributed by atoms with van der Waals surface area (Å²) in [6, 6.07) is 7.82. The molecule has 0 bridgehead atoms. The Kier molecular flexibility index (Phi) is 4.16. The zero-order valence-corrected chi connectivity index (χ0v) is 17.3. The molecule has 2 heterocycles. The number of ketones is 3. The van der Waals surface area contributed by atoms with E-state index in [2.05, 4.69) is 15.3 Å². The zero-order chi connectivity index (χ0) is 22.7. The molecule has 0 atom stereocenters. The maximum Gasteiger partial charge on any atom is 0.308 e. The molecule has 2 aromatic carbocycles. The first-order valence-corrected chi connectivity index (χ1v) is 9.74. The monoisotopic (exact) mass is 428 g/mol. The van der Waals surface area contributed by atoms with Crippen LogP contribution in [-0.4, -0.2) is 43.3 Å². The van der Waals surface area contributed by atoms with Gasteiger partial charge in [0.25, 0.3) is 0 Å². The number of ether oxygens (including phenoxy) is 1. The quantitative estimate of drug-likeness (QED) is 0.266. The van der Waals surface area contributed by atoms with E-state index in [9.17, 15) is 19.2 Å². The summed E-state index contributed by atoms with van der Waals surface area (Å²) in [5.74, 6) is -2.03. The van der Waals surface area contributed by atoms with Crippen molar-refractivity contribution in [3.05, 3.63) is 75.7 Å². The number of rotatable bonds is 3. The number of nitrogens with zero attached hydrogens (tertiary/aromatic N) is 3. The average Bonchev–Trinajstić information content (AvgIpc) is 3.33. The van der Waals surface area contributed by atoms with Crippen molar-refractivity contribution in [2.24, 2.45) is 7.05 Å². The van der Waals surface area contributed by atoms with Gasteiger partial charge >= 0.3 is 5.97 Å². The summed E-state index contributed by atoms with van der Waals surface area (Å²) in [6.07, 6.45) is 1.45. The van der Waals surface area contributed by atoms with Crippen LogP contribution in [0.15, 0.2) is 36.5 Å². The number of aromatic nitrogens is 4. The third kappa shape index (κ3) is 2.64. The van der Waals surface area contributed by atoms with E-state index in [1.165, 1.54) is 19.2 Å². The molecule has 4 aromatic rings. The molecule has 1 aliphatic carbocycles. The largest absolute Gasteiger partial charge is 0.426 e. The number of nitrogens with one attached hydrogen (secondary N) is 1. The van der Waals surface area contributed by atoms with Gasteiger partial charge in [0.1, 0.15) is 17.0 Å². The lowest BCUT2D eigenvalue weighted by molar-refractivity contribution is -0.131. The molecule has 0 saturated heterocycles. The number of fused-ring (bicyclic) bond motifs is 4. The minimum absolute atomic E-state index is 0.000610. The van der Waals surface area contributed by atoms with Crippen molar-refractivity contribution in [3.8, 4) is 5.75 Å². The molecular formula is C23H16N4O5. The Morgan fingerprint density at radius 3 is 2.31 bits per heavy atom. The van der Waals surface area contributed by atoms with Crippen LogP contribution >= 0.6 is 0 Å². The van der Waals surface area contributed by atoms with Gasteiger partial charge in [-0.05, 0) is 13.0 Å². The summed E-state index contributed by atoms with van der Waals surface area (Å²) in [5.41, 5.74) is 1.68. The minimum Gasteiger partial charge on any atom is -0.426 e. The summed E-state index contributed by atoms with van der Waals surface area (Å²) in [6.45, 7) is 2.95. The molecule has 0 saturated carbocycles. The van der Waals surface area contributed by atoms with Crippen LogP contribution in [0.25, 0.3) is 10.9 Å². The minimum atomic E-state index is -0.662. The molecule has 158 valence electrons. The van der Waals surface area contributed by atoms with Crippen molar-refractivity contribution in [3.63, 3.8) is 0 Å². The van der Waals surface area contributed by atoms with Gasteiger partial charge in [0.15, 0.2) is 11.6 Å². The van der Waals surface area contributed by atoms with Crippen LogP contribution in [0.5, 0.6) is 5.75 Å². The number of esters is 1. The number of carbonyl (C=O) groups excluding carboxylic acids is 4. The molecule has 1 aliphatic rings. The smallest absolute Gasteiger partial charge is 0.308 e. The van der Waals surface area contributed by atoms with Crippen LogP contribution in [0.1, 0.15) is 60.5 Å². The summed E-state index contributed by atoms with van der Waals surface area (Å²) in [4.78, 5) is 51.6. The van der Waals surface area contributed by atoms with Gasteiger partial charge in [-0.2, -0.15) is 10.2 Å². The number of hydrogen-bond acceptors (Lipinski definition) is 7. The third-order valence-electron chi connectivity index (χ3n) is 5.64. The van der Waals surface area contributed by atoms with Gasteiger partial charge in [-0.3, -0.25) is 29.0 Å². The van der Waals surface area contributed by atoms with Crippen molar-refractivity contribution < 1.29 is 23.9 Å². The highest BCUT2D eigenvalue weighted by Gasteiger charge is 2.36. The lowest BCUT2D eigenvalue weighted by atomic mass is 9.82. The van der Waals surface area contributed by atoms with E-state index in [1.54, 1.807) is 42.9 Å². The van der Waals surface area contributed by atoms with Crippen molar-refractivity contribution >= 4 is 34.2 Å². The number of aryl methyl sites for hydroxylation is 1. The number of aromatic amines is 1. The molecular weight excluding hydrogens is 412 g/mol. The molecule has 9 heteroatoms. The van der Waals surface area contributed by atoms with Crippen LogP contribution < -0.4 is 4.74 Å². The van der Waals surface area contributed by atoms with E-state index < -0.39 is 17.5 Å². The first-order valence-electron chi connectivity index (χ1n) is 9.74. The highest BCUT2D eigenvalue weighted by atomic mass is 16.5. The SMILES string of the molecule is CC(=O)Oc1cc2c(C(=O)c3cnn(C)c3C)[nH]nc2c2c1C(=O)c1ccccc1C2=O. The summed E-state index contributed by atoms with van der Waals surface area (Å²) in [5, 5.41) is 11.3. The number of H-pyrrole nitrogens is 1. The van der Waals surface area contributed by atoms with Crippen LogP contribution in [-0.2, 0) is 11.8 Å². The predicted octanol–water partition coefficient (Wildman–Crippen LogP) is 2.54. The molecule has 0 unspecified atom stereocenters. The van der Waals surface area contributed by atoms with Gasteiger partial charge in [-0.15, -0.1) is 0 Å². The second kappa shape index (κ2) is 6.81. The maximum atomic E-state index is 13.4. The maximum absolute atomic E-state index is 13.4. The summed E-state index contributed by atoms with van der Waals surface area (Å²) in [7, 11) is 1.72. The fraction of sp³-hybridized carbons (Fsp3) is 0.130. The first kappa shape index (κ1) is 19.6. The van der Waals surface area contributed by atoms with Crippen LogP contribution in [0, 0.1) is 6.92 Å². The Balaban J connectivity index is 1.81. The Labute approximate surface area is 181 Å². The lowest BCUT2D eigenvalue weighted by Gasteiger charge is -2.20. The molecule has 2 aromatic heterocycles. The lowest BCUT2D eigenvalue weighted by Crippen LogP contribution is -2.23. The van der Waals surface area contributed by atoms with Gasteiger partial charge < -0.3 is 4.74 Å². The normalized spacial score (nSPS) is 12.6. The first-order chi connectivity index (χ1) is 15.3. The van der Waals surface area contributed by atoms with E-state index in [-0.39, 0.29) is 50.4 Å². The van der Waals surface area contributed by atoms with E-state index in [4.69, 9.17) is 4.74 Å². The van der Waals surface area contributed by atoms with Gasteiger partial charge in [0.05, 0.1) is 22.9 Å². The topological polar surface area (TPSA) is 124 Å². The van der Waals surface area contributed by atoms with E-state index in [1.807, 2.05) is 0 Å². The molecule has 1 N–H and O–H groups in total. The van der Waals surface area contributed by atoms with Gasteiger partial charge in [-0.25, -0.2) is 0 Å². The zero-order valence-electron chi connectivity index (χ0n) is 17.3. The van der Waals surface area contributed by atoms with Crippen molar-refractivity contribution in [2.75, 3.05) is 0 Å². The molecule has 32 heavy (non-hydrogen) atoms. The van der Waals surface area contributed by atoms with Gasteiger partial charge in [0.2, 0.25) is 5.78 Å². The Morgan fingerprint density at radius 2 is 1.72 bits per heavy atom. The van der Waals surface area contributed by atoms with Crippen molar-refractivity contribution in [2.45, 2.75) is 13.8 Å². The summed E-state index contributed by atoms with van der Waals surface area (Å²) < 4.78 is 6.88. The predicted molar refractivity (Wildman–Crippen MR) is 112 cm³/mol. The van der Waals surface area contributed by atoms with E-state index in [0.717, 1.165) is 0 Å². The van der Waals surface area contributed by atoms with E-state index in [0.29, 0.717) is 11.3 Å². The fourth-order valence-electron chi connectivity index (χ4n) is 3.99. The summed E-state index contributed by atoms with van der Waals surface area (Å²) >= 11 is 0. The Hall–Kier alpha value is -4.40. The Morgan fingerprint density at radius 1 is 1.06 bits per heavy atom. The fourth-order valence-corrected chi connectivity index (χ4v) is 3.99. The molecule has 0 fully saturated rings. The van der Waals surface area contributed by atoms with E-state index >= 15 is 0 Å². The Bertz CT molecular complexity index is 1510. The van der Waals surface area contributed by atoms with Crippen molar-refractivity contribution in [1.29, 1.82) is 0 Å². The molecule has 0 radical (unpaired) electrons. The molecule has 9 nitrogen and oxygen atoms in total. The molecule has 0 amide bonds. The van der Waals surface area contributed by atoms with Crippen LogP contribution in [0.2, 0.25) is 0 Å². The highest BCUT2D eigenvalue weighted by Crippen LogP contribution is 2.39. The highest BCUT2D eigenvalue weighted by molar-refractivity contribution is 6.33. The molecule has 0 spiro atoms. The average molecular weight is 428 g/mol. The molecule has 0 aliphatic heterocycles. The van der Waals surface area contributed by atoms with Gasteiger partial charge in [-0.1, -0.05) is 24.3 Å². The molecule has 5 rings (SSSR count). The number of hydrogen-bond donors (Lipinski definition) is 1. The standard InChI is InChI=1S/C23H16N4O5/c1-10-15(9-24-27(10)3)23(31)20-14-8-16(32-11(2)28)17-18(19(14)25-26-20)22(30)13-7-5-4-6-12(13)21(17)29/h4-9H,1-3H3,(H,25,26). The van der Waals surface area contributed by atoms with Crippen molar-refractivity contribution in [1.82, 2.24) is 20.0 Å². The van der Waals surface area contributed by atoms with Gasteiger partial charge in [0, 0.05) is 36.2 Å². The number of carbonyl (C=O) groups is 4.